The van der Waals surface area contributed by atoms with Gasteiger partial charge in [-0.15, -0.1) is 11.3 Å². The molecule has 0 saturated carbocycles. The largest absolute Gasteiger partial charge is 0.333 e. The molecular formula is C18H31N3O2S. The second-order valence-corrected chi connectivity index (χ2v) is 7.47. The number of aromatic nitrogens is 1. The van der Waals surface area contributed by atoms with Crippen LogP contribution in [0.25, 0.3) is 0 Å². The molecule has 0 aliphatic carbocycles. The topological polar surface area (TPSA) is 62.3 Å². The monoisotopic (exact) mass is 353 g/mol. The van der Waals surface area contributed by atoms with Crippen molar-refractivity contribution in [2.45, 2.75) is 59.8 Å². The fourth-order valence-electron chi connectivity index (χ4n) is 2.51. The van der Waals surface area contributed by atoms with Gasteiger partial charge in [-0.1, -0.05) is 40.5 Å². The summed E-state index contributed by atoms with van der Waals surface area (Å²) in [5.74, 6) is 0.455. The predicted octanol–water partition coefficient (Wildman–Crippen LogP) is 4.17. The first-order valence-corrected chi connectivity index (χ1v) is 9.83. The van der Waals surface area contributed by atoms with Crippen molar-refractivity contribution in [1.82, 2.24) is 9.88 Å². The average molecular weight is 354 g/mol. The highest BCUT2D eigenvalue weighted by molar-refractivity contribution is 7.13. The van der Waals surface area contributed by atoms with E-state index in [2.05, 4.69) is 38.0 Å². The molecule has 1 aromatic heterocycles. The lowest BCUT2D eigenvalue weighted by molar-refractivity contribution is -0.138. The molecule has 0 bridgehead atoms. The van der Waals surface area contributed by atoms with Gasteiger partial charge in [0.1, 0.15) is 0 Å². The van der Waals surface area contributed by atoms with E-state index in [0.717, 1.165) is 32.1 Å². The van der Waals surface area contributed by atoms with Crippen molar-refractivity contribution in [1.29, 1.82) is 0 Å². The number of amides is 2. The average Bonchev–Trinajstić information content (AvgIpc) is 3.04. The van der Waals surface area contributed by atoms with Crippen molar-refractivity contribution in [3.63, 3.8) is 0 Å². The number of carbonyl (C=O) groups is 2. The van der Waals surface area contributed by atoms with E-state index in [1.807, 2.05) is 5.38 Å². The summed E-state index contributed by atoms with van der Waals surface area (Å²) >= 11 is 1.38. The Morgan fingerprint density at radius 2 is 2.04 bits per heavy atom. The Balaban J connectivity index is 2.70. The van der Waals surface area contributed by atoms with E-state index in [-0.39, 0.29) is 24.3 Å². The maximum atomic E-state index is 12.9. The first-order valence-electron chi connectivity index (χ1n) is 8.96. The van der Waals surface area contributed by atoms with Crippen LogP contribution < -0.4 is 5.32 Å². The quantitative estimate of drug-likeness (QED) is 0.649. The van der Waals surface area contributed by atoms with Gasteiger partial charge in [0, 0.05) is 24.0 Å². The third-order valence-electron chi connectivity index (χ3n) is 4.05. The van der Waals surface area contributed by atoms with Crippen LogP contribution in [0.15, 0.2) is 11.6 Å². The Hall–Kier alpha value is -1.43. The molecule has 6 heteroatoms. The number of nitrogens with one attached hydrogen (secondary N) is 1. The number of thiazole rings is 1. The summed E-state index contributed by atoms with van der Waals surface area (Å²) in [6.07, 6.45) is 6.41. The fourth-order valence-corrected chi connectivity index (χ4v) is 3.05. The molecule has 0 radical (unpaired) electrons. The predicted molar refractivity (Wildman–Crippen MR) is 100 cm³/mol. The van der Waals surface area contributed by atoms with Gasteiger partial charge < -0.3 is 10.2 Å². The van der Waals surface area contributed by atoms with Crippen molar-refractivity contribution >= 4 is 28.3 Å². The maximum Gasteiger partial charge on any atom is 0.245 e. The van der Waals surface area contributed by atoms with Gasteiger partial charge in [-0.3, -0.25) is 9.59 Å². The number of unbranched alkanes of at least 4 members (excludes halogenated alkanes) is 1. The minimum absolute atomic E-state index is 0.0183. The van der Waals surface area contributed by atoms with Gasteiger partial charge in [0.15, 0.2) is 5.13 Å². The van der Waals surface area contributed by atoms with Crippen LogP contribution in [0.1, 0.15) is 59.8 Å². The summed E-state index contributed by atoms with van der Waals surface area (Å²) < 4.78 is 0. The van der Waals surface area contributed by atoms with Crippen LogP contribution in [0.5, 0.6) is 0 Å². The Labute approximate surface area is 149 Å². The van der Waals surface area contributed by atoms with Crippen molar-refractivity contribution in [3.8, 4) is 0 Å². The third-order valence-corrected chi connectivity index (χ3v) is 4.74. The normalized spacial score (nSPS) is 12.2. The van der Waals surface area contributed by atoms with Crippen LogP contribution in [-0.4, -0.2) is 34.8 Å². The molecule has 136 valence electrons. The molecule has 0 saturated heterocycles. The number of anilines is 1. The second-order valence-electron chi connectivity index (χ2n) is 6.58. The van der Waals surface area contributed by atoms with Gasteiger partial charge in [0.25, 0.3) is 0 Å². The Morgan fingerprint density at radius 1 is 1.29 bits per heavy atom. The molecular weight excluding hydrogens is 322 g/mol. The van der Waals surface area contributed by atoms with Gasteiger partial charge in [-0.2, -0.15) is 0 Å². The second kappa shape index (κ2) is 11.2. The summed E-state index contributed by atoms with van der Waals surface area (Å²) in [5.41, 5.74) is 0. The van der Waals surface area contributed by atoms with Gasteiger partial charge in [-0.05, 0) is 25.2 Å². The summed E-state index contributed by atoms with van der Waals surface area (Å²) in [6, 6.07) is 0. The third kappa shape index (κ3) is 7.43. The Morgan fingerprint density at radius 3 is 2.58 bits per heavy atom. The minimum Gasteiger partial charge on any atom is -0.333 e. The van der Waals surface area contributed by atoms with E-state index in [1.165, 1.54) is 11.3 Å². The lowest BCUT2D eigenvalue weighted by atomic mass is 9.97. The molecule has 0 spiro atoms. The van der Waals surface area contributed by atoms with Crippen molar-refractivity contribution < 1.29 is 9.59 Å². The molecule has 2 amide bonds. The summed E-state index contributed by atoms with van der Waals surface area (Å²) in [4.78, 5) is 30.9. The number of hydrogen-bond acceptors (Lipinski definition) is 4. The summed E-state index contributed by atoms with van der Waals surface area (Å²) in [5, 5.41) is 5.16. The number of rotatable bonds is 11. The van der Waals surface area contributed by atoms with Crippen LogP contribution in [0.4, 0.5) is 5.13 Å². The zero-order valence-electron chi connectivity index (χ0n) is 15.4. The van der Waals surface area contributed by atoms with Crippen LogP contribution in [0, 0.1) is 11.8 Å². The van der Waals surface area contributed by atoms with E-state index in [0.29, 0.717) is 17.6 Å². The summed E-state index contributed by atoms with van der Waals surface area (Å²) in [7, 11) is 0. The lowest BCUT2D eigenvalue weighted by Crippen LogP contribution is -2.42. The van der Waals surface area contributed by atoms with Crippen LogP contribution in [0.2, 0.25) is 0 Å². The Kier molecular flexibility index (Phi) is 9.60. The highest BCUT2D eigenvalue weighted by Gasteiger charge is 2.24. The molecule has 1 rings (SSSR count). The lowest BCUT2D eigenvalue weighted by Gasteiger charge is -2.27. The molecule has 0 unspecified atom stereocenters. The van der Waals surface area contributed by atoms with Gasteiger partial charge in [0.05, 0.1) is 6.54 Å². The van der Waals surface area contributed by atoms with Crippen molar-refractivity contribution in [3.05, 3.63) is 11.6 Å². The van der Waals surface area contributed by atoms with E-state index in [4.69, 9.17) is 0 Å². The van der Waals surface area contributed by atoms with Crippen molar-refractivity contribution in [2.75, 3.05) is 18.4 Å². The molecule has 24 heavy (non-hydrogen) atoms. The molecule has 5 nitrogen and oxygen atoms in total. The van der Waals surface area contributed by atoms with Gasteiger partial charge in [-0.25, -0.2) is 4.98 Å². The van der Waals surface area contributed by atoms with E-state index >= 15 is 0 Å². The zero-order chi connectivity index (χ0) is 17.9. The fraction of sp³-hybridized carbons (Fsp3) is 0.722. The number of nitrogens with zero attached hydrogens (tertiary/aromatic N) is 2. The molecule has 1 aromatic rings. The number of hydrogen-bond donors (Lipinski definition) is 1. The summed E-state index contributed by atoms with van der Waals surface area (Å²) in [6.45, 7) is 9.18. The highest BCUT2D eigenvalue weighted by atomic mass is 32.1. The van der Waals surface area contributed by atoms with Crippen LogP contribution in [0.3, 0.4) is 0 Å². The smallest absolute Gasteiger partial charge is 0.245 e. The molecule has 0 aliphatic heterocycles. The first-order chi connectivity index (χ1) is 11.5. The zero-order valence-corrected chi connectivity index (χ0v) is 16.2. The van der Waals surface area contributed by atoms with E-state index in [9.17, 15) is 9.59 Å². The SMILES string of the molecule is CCCC[C@H](CC)C(=O)N(CCC(C)C)CC(=O)Nc1nccs1. The minimum atomic E-state index is -0.174. The molecule has 0 aliphatic rings. The van der Waals surface area contributed by atoms with E-state index < -0.39 is 0 Å². The standard InChI is InChI=1S/C18H31N3O2S/c1-5-7-8-15(6-2)17(23)21(11-9-14(3)4)13-16(22)20-18-19-10-12-24-18/h10,12,14-15H,5-9,11,13H2,1-4H3,(H,19,20,22)/t15-/m0/s1. The van der Waals surface area contributed by atoms with Crippen LogP contribution >= 0.6 is 11.3 Å². The molecule has 1 N–H and O–H groups in total. The molecule has 0 aromatic carbocycles. The number of carbonyl (C=O) groups excluding carboxylic acids is 2. The maximum absolute atomic E-state index is 12.9. The van der Waals surface area contributed by atoms with Gasteiger partial charge in [0.2, 0.25) is 11.8 Å². The molecule has 0 fully saturated rings. The first kappa shape index (κ1) is 20.6. The van der Waals surface area contributed by atoms with E-state index in [1.54, 1.807) is 11.1 Å². The highest BCUT2D eigenvalue weighted by Crippen LogP contribution is 2.17. The van der Waals surface area contributed by atoms with Gasteiger partial charge >= 0.3 is 0 Å². The molecule has 1 heterocycles. The van der Waals surface area contributed by atoms with Crippen LogP contribution in [-0.2, 0) is 9.59 Å². The molecule has 1 atom stereocenters. The van der Waals surface area contributed by atoms with Crippen molar-refractivity contribution in [2.24, 2.45) is 11.8 Å². The Bertz CT molecular complexity index is 488.